The summed E-state index contributed by atoms with van der Waals surface area (Å²) in [5, 5.41) is 0. The van der Waals surface area contributed by atoms with Crippen molar-refractivity contribution in [1.29, 1.82) is 0 Å². The third kappa shape index (κ3) is 12.0. The van der Waals surface area contributed by atoms with Crippen molar-refractivity contribution in [3.63, 3.8) is 0 Å². The second-order valence-electron chi connectivity index (χ2n) is 5.57. The van der Waals surface area contributed by atoms with E-state index in [1.165, 1.54) is 51.4 Å². The molecule has 0 aliphatic rings. The first-order valence-electron chi connectivity index (χ1n) is 6.26. The predicted molar refractivity (Wildman–Crippen MR) is 65.4 cm³/mol. The van der Waals surface area contributed by atoms with Gasteiger partial charge in [-0.2, -0.15) is 0 Å². The fourth-order valence-electron chi connectivity index (χ4n) is 1.68. The lowest BCUT2D eigenvalue weighted by Crippen LogP contribution is -2.03. The van der Waals surface area contributed by atoms with Crippen molar-refractivity contribution >= 4 is 0 Å². The minimum Gasteiger partial charge on any atom is -0.330 e. The highest BCUT2D eigenvalue weighted by Gasteiger charge is 2.08. The molecule has 0 aromatic rings. The molecule has 0 fully saturated rings. The summed E-state index contributed by atoms with van der Waals surface area (Å²) in [5.74, 6) is 0. The molecule has 0 rings (SSSR count). The molecule has 14 heavy (non-hydrogen) atoms. The third-order valence-electron chi connectivity index (χ3n) is 2.63. The Morgan fingerprint density at radius 2 is 1.14 bits per heavy atom. The van der Waals surface area contributed by atoms with E-state index in [4.69, 9.17) is 5.73 Å². The number of rotatable bonds is 8. The average molecular weight is 199 g/mol. The second kappa shape index (κ2) is 8.28. The van der Waals surface area contributed by atoms with Crippen LogP contribution in [0.3, 0.4) is 0 Å². The minimum absolute atomic E-state index is 0.527. The van der Waals surface area contributed by atoms with Gasteiger partial charge in [0, 0.05) is 0 Å². The van der Waals surface area contributed by atoms with Crippen LogP contribution in [-0.2, 0) is 0 Å². The molecule has 1 heteroatoms. The summed E-state index contributed by atoms with van der Waals surface area (Å²) >= 11 is 0. The molecule has 86 valence electrons. The van der Waals surface area contributed by atoms with Crippen LogP contribution in [0, 0.1) is 5.41 Å². The molecule has 0 saturated heterocycles. The van der Waals surface area contributed by atoms with Crippen molar-refractivity contribution in [3.8, 4) is 0 Å². The Morgan fingerprint density at radius 3 is 1.57 bits per heavy atom. The lowest BCUT2D eigenvalue weighted by molar-refractivity contribution is 0.356. The van der Waals surface area contributed by atoms with Crippen molar-refractivity contribution in [2.75, 3.05) is 6.54 Å². The smallest absolute Gasteiger partial charge is 0.00773 e. The standard InChI is InChI=1S/C13H29N/c1-13(2,3)11-9-7-5-4-6-8-10-12-14/h4-12,14H2,1-3H3. The Kier molecular flexibility index (Phi) is 8.26. The van der Waals surface area contributed by atoms with E-state index in [1.54, 1.807) is 0 Å². The SMILES string of the molecule is CC(C)(C)CCCCCCCCCN. The molecule has 1 nitrogen and oxygen atoms in total. The summed E-state index contributed by atoms with van der Waals surface area (Å²) < 4.78 is 0. The van der Waals surface area contributed by atoms with Crippen LogP contribution in [0.5, 0.6) is 0 Å². The van der Waals surface area contributed by atoms with E-state index in [1.807, 2.05) is 0 Å². The van der Waals surface area contributed by atoms with Crippen LogP contribution in [-0.4, -0.2) is 6.54 Å². The fourth-order valence-corrected chi connectivity index (χ4v) is 1.68. The second-order valence-corrected chi connectivity index (χ2v) is 5.57. The molecule has 0 spiro atoms. The number of hydrogen-bond acceptors (Lipinski definition) is 1. The maximum absolute atomic E-state index is 5.44. The molecule has 0 aromatic carbocycles. The van der Waals surface area contributed by atoms with E-state index in [0.29, 0.717) is 5.41 Å². The van der Waals surface area contributed by atoms with Gasteiger partial charge in [-0.25, -0.2) is 0 Å². The van der Waals surface area contributed by atoms with Gasteiger partial charge in [-0.15, -0.1) is 0 Å². The summed E-state index contributed by atoms with van der Waals surface area (Å²) in [4.78, 5) is 0. The van der Waals surface area contributed by atoms with E-state index in [0.717, 1.165) is 6.54 Å². The molecule has 0 atom stereocenters. The summed E-state index contributed by atoms with van der Waals surface area (Å²) in [5.41, 5.74) is 5.97. The van der Waals surface area contributed by atoms with Crippen LogP contribution in [0.2, 0.25) is 0 Å². The van der Waals surface area contributed by atoms with E-state index in [-0.39, 0.29) is 0 Å². The Labute approximate surface area is 90.5 Å². The lowest BCUT2D eigenvalue weighted by Gasteiger charge is -2.17. The van der Waals surface area contributed by atoms with Crippen molar-refractivity contribution in [3.05, 3.63) is 0 Å². The van der Waals surface area contributed by atoms with Gasteiger partial charge in [0.2, 0.25) is 0 Å². The zero-order valence-corrected chi connectivity index (χ0v) is 10.4. The lowest BCUT2D eigenvalue weighted by atomic mass is 9.89. The summed E-state index contributed by atoms with van der Waals surface area (Å²) in [6, 6.07) is 0. The van der Waals surface area contributed by atoms with Crippen LogP contribution in [0.4, 0.5) is 0 Å². The molecule has 0 saturated carbocycles. The molecule has 0 amide bonds. The monoisotopic (exact) mass is 199 g/mol. The normalized spacial score (nSPS) is 12.0. The van der Waals surface area contributed by atoms with Gasteiger partial charge < -0.3 is 5.73 Å². The van der Waals surface area contributed by atoms with Crippen LogP contribution < -0.4 is 5.73 Å². The van der Waals surface area contributed by atoms with Crippen molar-refractivity contribution < 1.29 is 0 Å². The molecule has 0 unspecified atom stereocenters. The van der Waals surface area contributed by atoms with E-state index < -0.39 is 0 Å². The predicted octanol–water partition coefficient (Wildman–Crippen LogP) is 4.11. The Bertz CT molecular complexity index is 113. The molecule has 0 bridgehead atoms. The van der Waals surface area contributed by atoms with Gasteiger partial charge in [-0.3, -0.25) is 0 Å². The Morgan fingerprint density at radius 1 is 0.714 bits per heavy atom. The van der Waals surface area contributed by atoms with Gasteiger partial charge in [0.05, 0.1) is 0 Å². The van der Waals surface area contributed by atoms with Crippen molar-refractivity contribution in [2.24, 2.45) is 11.1 Å². The van der Waals surface area contributed by atoms with Gasteiger partial charge in [-0.1, -0.05) is 59.3 Å². The molecule has 0 aliphatic carbocycles. The van der Waals surface area contributed by atoms with E-state index in [9.17, 15) is 0 Å². The highest BCUT2D eigenvalue weighted by atomic mass is 14.5. The molecular weight excluding hydrogens is 170 g/mol. The molecule has 0 radical (unpaired) electrons. The number of nitrogens with two attached hydrogens (primary N) is 1. The first-order valence-corrected chi connectivity index (χ1v) is 6.26. The first kappa shape index (κ1) is 14.0. The van der Waals surface area contributed by atoms with Gasteiger partial charge in [0.1, 0.15) is 0 Å². The number of unbranched alkanes of at least 4 members (excludes halogenated alkanes) is 6. The van der Waals surface area contributed by atoms with E-state index in [2.05, 4.69) is 20.8 Å². The molecule has 0 aromatic heterocycles. The largest absolute Gasteiger partial charge is 0.330 e. The quantitative estimate of drug-likeness (QED) is 0.585. The highest BCUT2D eigenvalue weighted by Crippen LogP contribution is 2.22. The molecule has 0 aliphatic heterocycles. The zero-order valence-electron chi connectivity index (χ0n) is 10.4. The molecular formula is C13H29N. The van der Waals surface area contributed by atoms with E-state index >= 15 is 0 Å². The number of hydrogen-bond donors (Lipinski definition) is 1. The van der Waals surface area contributed by atoms with Crippen molar-refractivity contribution in [2.45, 2.75) is 72.1 Å². The zero-order chi connectivity index (χ0) is 10.9. The average Bonchev–Trinajstić information content (AvgIpc) is 2.08. The highest BCUT2D eigenvalue weighted by molar-refractivity contribution is 4.60. The summed E-state index contributed by atoms with van der Waals surface area (Å²) in [7, 11) is 0. The molecule has 2 N–H and O–H groups in total. The van der Waals surface area contributed by atoms with Crippen LogP contribution in [0.1, 0.15) is 72.1 Å². The maximum atomic E-state index is 5.44. The van der Waals surface area contributed by atoms with Gasteiger partial charge in [0.15, 0.2) is 0 Å². The van der Waals surface area contributed by atoms with Crippen LogP contribution in [0.15, 0.2) is 0 Å². The van der Waals surface area contributed by atoms with Crippen LogP contribution >= 0.6 is 0 Å². The summed E-state index contributed by atoms with van der Waals surface area (Å²) in [6.07, 6.45) is 10.9. The molecule has 0 heterocycles. The Hall–Kier alpha value is -0.0400. The first-order chi connectivity index (χ1) is 6.56. The maximum Gasteiger partial charge on any atom is -0.00773 e. The fraction of sp³-hybridized carbons (Fsp3) is 1.00. The van der Waals surface area contributed by atoms with Gasteiger partial charge >= 0.3 is 0 Å². The Balaban J connectivity index is 2.99. The van der Waals surface area contributed by atoms with Crippen LogP contribution in [0.25, 0.3) is 0 Å². The van der Waals surface area contributed by atoms with Gasteiger partial charge in [-0.05, 0) is 24.8 Å². The van der Waals surface area contributed by atoms with Crippen molar-refractivity contribution in [1.82, 2.24) is 0 Å². The topological polar surface area (TPSA) is 26.0 Å². The summed E-state index contributed by atoms with van der Waals surface area (Å²) in [6.45, 7) is 7.85. The third-order valence-corrected chi connectivity index (χ3v) is 2.63. The van der Waals surface area contributed by atoms with Gasteiger partial charge in [0.25, 0.3) is 0 Å². The minimum atomic E-state index is 0.527.